The average Bonchev–Trinajstić information content (AvgIpc) is 2.68. The highest BCUT2D eigenvalue weighted by Crippen LogP contribution is 2.17. The van der Waals surface area contributed by atoms with E-state index in [9.17, 15) is 13.2 Å². The van der Waals surface area contributed by atoms with Crippen LogP contribution in [0.5, 0.6) is 0 Å². The lowest BCUT2D eigenvalue weighted by Crippen LogP contribution is -2.23. The fraction of sp³-hybridized carbons (Fsp3) is 0.136. The predicted molar refractivity (Wildman–Crippen MR) is 111 cm³/mol. The summed E-state index contributed by atoms with van der Waals surface area (Å²) in [5.74, 6) is -0.212. The van der Waals surface area contributed by atoms with E-state index in [0.29, 0.717) is 17.8 Å². The number of anilines is 1. The van der Waals surface area contributed by atoms with Gasteiger partial charge in [-0.3, -0.25) is 9.52 Å². The molecule has 1 amide bonds. The second kappa shape index (κ2) is 8.27. The Morgan fingerprint density at radius 1 is 0.857 bits per heavy atom. The molecule has 0 atom stereocenters. The minimum atomic E-state index is -3.66. The van der Waals surface area contributed by atoms with Crippen molar-refractivity contribution in [1.82, 2.24) is 5.32 Å². The first kappa shape index (κ1) is 19.6. The van der Waals surface area contributed by atoms with E-state index in [1.54, 1.807) is 48.5 Å². The maximum atomic E-state index is 12.4. The molecule has 0 fully saturated rings. The molecule has 0 bridgehead atoms. The molecule has 0 unspecified atom stereocenters. The van der Waals surface area contributed by atoms with Crippen LogP contribution in [-0.4, -0.2) is 14.3 Å². The van der Waals surface area contributed by atoms with Gasteiger partial charge in [-0.2, -0.15) is 0 Å². The third-order valence-corrected chi connectivity index (χ3v) is 5.83. The van der Waals surface area contributed by atoms with Crippen molar-refractivity contribution in [3.05, 3.63) is 95.1 Å². The Balaban J connectivity index is 1.65. The molecule has 2 N–H and O–H groups in total. The molecule has 0 aliphatic heterocycles. The minimum Gasteiger partial charge on any atom is -0.348 e. The van der Waals surface area contributed by atoms with Gasteiger partial charge in [-0.1, -0.05) is 42.0 Å². The number of carbonyl (C=O) groups is 1. The molecule has 144 valence electrons. The van der Waals surface area contributed by atoms with Gasteiger partial charge in [0.25, 0.3) is 15.9 Å². The lowest BCUT2D eigenvalue weighted by Gasteiger charge is -2.10. The summed E-state index contributed by atoms with van der Waals surface area (Å²) < 4.78 is 27.4. The van der Waals surface area contributed by atoms with Gasteiger partial charge < -0.3 is 5.32 Å². The van der Waals surface area contributed by atoms with Crippen LogP contribution >= 0.6 is 0 Å². The molecule has 0 heterocycles. The van der Waals surface area contributed by atoms with E-state index in [1.807, 2.05) is 38.1 Å². The van der Waals surface area contributed by atoms with Gasteiger partial charge in [-0.05, 0) is 61.4 Å². The first-order valence-electron chi connectivity index (χ1n) is 8.87. The van der Waals surface area contributed by atoms with E-state index in [4.69, 9.17) is 0 Å². The summed E-state index contributed by atoms with van der Waals surface area (Å²) in [5.41, 5.74) is 4.02. The van der Waals surface area contributed by atoms with Crippen molar-refractivity contribution >= 4 is 21.6 Å². The molecule has 0 saturated heterocycles. The van der Waals surface area contributed by atoms with Crippen molar-refractivity contribution in [3.63, 3.8) is 0 Å². The van der Waals surface area contributed by atoms with Crippen LogP contribution in [0.4, 0.5) is 5.69 Å². The Morgan fingerprint density at radius 3 is 2.14 bits per heavy atom. The average molecular weight is 394 g/mol. The van der Waals surface area contributed by atoms with Crippen LogP contribution in [0.15, 0.2) is 77.7 Å². The number of rotatable bonds is 6. The van der Waals surface area contributed by atoms with Gasteiger partial charge in [0, 0.05) is 17.8 Å². The fourth-order valence-corrected chi connectivity index (χ4v) is 3.77. The number of hydrogen-bond donors (Lipinski definition) is 2. The Kier molecular flexibility index (Phi) is 5.80. The van der Waals surface area contributed by atoms with Crippen molar-refractivity contribution < 1.29 is 13.2 Å². The summed E-state index contributed by atoms with van der Waals surface area (Å²) in [7, 11) is -3.66. The van der Waals surface area contributed by atoms with Crippen molar-refractivity contribution in [3.8, 4) is 0 Å². The molecule has 0 aliphatic carbocycles. The molecular formula is C22H22N2O3S. The molecule has 0 saturated carbocycles. The van der Waals surface area contributed by atoms with Crippen LogP contribution in [0.3, 0.4) is 0 Å². The smallest absolute Gasteiger partial charge is 0.261 e. The van der Waals surface area contributed by atoms with Gasteiger partial charge in [0.1, 0.15) is 0 Å². The van der Waals surface area contributed by atoms with Gasteiger partial charge in [-0.25, -0.2) is 8.42 Å². The standard InChI is InChI=1S/C22H22N2O3S/c1-16-7-13-21(14-8-16)28(26,27)24-20-11-9-18(10-12-20)22(25)23-15-19-6-4-3-5-17(19)2/h3-14,24H,15H2,1-2H3,(H,23,25). The molecule has 0 radical (unpaired) electrons. The SMILES string of the molecule is Cc1ccc(S(=O)(=O)Nc2ccc(C(=O)NCc3ccccc3C)cc2)cc1. The Morgan fingerprint density at radius 2 is 1.50 bits per heavy atom. The monoisotopic (exact) mass is 394 g/mol. The number of nitrogens with one attached hydrogen (secondary N) is 2. The number of amides is 1. The first-order chi connectivity index (χ1) is 13.3. The Bertz CT molecular complexity index is 1070. The predicted octanol–water partition coefficient (Wildman–Crippen LogP) is 4.03. The van der Waals surface area contributed by atoms with Crippen molar-refractivity contribution in [2.45, 2.75) is 25.3 Å². The fourth-order valence-electron chi connectivity index (χ4n) is 2.71. The maximum absolute atomic E-state index is 12.4. The number of aryl methyl sites for hydroxylation is 2. The lowest BCUT2D eigenvalue weighted by atomic mass is 10.1. The summed E-state index contributed by atoms with van der Waals surface area (Å²) in [5, 5.41) is 2.88. The first-order valence-corrected chi connectivity index (χ1v) is 10.4. The van der Waals surface area contributed by atoms with E-state index < -0.39 is 10.0 Å². The molecule has 0 aliphatic rings. The number of carbonyl (C=O) groups excluding carboxylic acids is 1. The maximum Gasteiger partial charge on any atom is 0.261 e. The molecule has 0 spiro atoms. The highest BCUT2D eigenvalue weighted by molar-refractivity contribution is 7.92. The van der Waals surface area contributed by atoms with Crippen molar-refractivity contribution in [2.24, 2.45) is 0 Å². The second-order valence-electron chi connectivity index (χ2n) is 6.61. The zero-order valence-electron chi connectivity index (χ0n) is 15.8. The normalized spacial score (nSPS) is 11.1. The number of hydrogen-bond acceptors (Lipinski definition) is 3. The third-order valence-electron chi connectivity index (χ3n) is 4.43. The highest BCUT2D eigenvalue weighted by atomic mass is 32.2. The summed E-state index contributed by atoms with van der Waals surface area (Å²) >= 11 is 0. The Labute approximate surface area is 165 Å². The summed E-state index contributed by atoms with van der Waals surface area (Å²) in [6.45, 7) is 4.33. The van der Waals surface area contributed by atoms with Gasteiger partial charge in [0.05, 0.1) is 4.90 Å². The molecular weight excluding hydrogens is 372 g/mol. The van der Waals surface area contributed by atoms with Crippen LogP contribution in [0.25, 0.3) is 0 Å². The van der Waals surface area contributed by atoms with Gasteiger partial charge in [0.2, 0.25) is 0 Å². The summed E-state index contributed by atoms with van der Waals surface area (Å²) in [4.78, 5) is 12.5. The Hall–Kier alpha value is -3.12. The molecule has 3 aromatic rings. The van der Waals surface area contributed by atoms with Crippen LogP contribution in [-0.2, 0) is 16.6 Å². The molecule has 28 heavy (non-hydrogen) atoms. The second-order valence-corrected chi connectivity index (χ2v) is 8.29. The molecule has 0 aromatic heterocycles. The molecule has 5 nitrogen and oxygen atoms in total. The number of sulfonamides is 1. The van der Waals surface area contributed by atoms with E-state index in [2.05, 4.69) is 10.0 Å². The topological polar surface area (TPSA) is 75.3 Å². The van der Waals surface area contributed by atoms with Crippen molar-refractivity contribution in [1.29, 1.82) is 0 Å². The zero-order valence-corrected chi connectivity index (χ0v) is 16.6. The largest absolute Gasteiger partial charge is 0.348 e. The van der Waals surface area contributed by atoms with Crippen LogP contribution in [0, 0.1) is 13.8 Å². The van der Waals surface area contributed by atoms with E-state index >= 15 is 0 Å². The van der Waals surface area contributed by atoms with Gasteiger partial charge in [0.15, 0.2) is 0 Å². The van der Waals surface area contributed by atoms with E-state index in [1.165, 1.54) is 0 Å². The van der Waals surface area contributed by atoms with Crippen molar-refractivity contribution in [2.75, 3.05) is 4.72 Å². The van der Waals surface area contributed by atoms with Crippen LogP contribution < -0.4 is 10.0 Å². The highest BCUT2D eigenvalue weighted by Gasteiger charge is 2.14. The van der Waals surface area contributed by atoms with Crippen LogP contribution in [0.1, 0.15) is 27.0 Å². The lowest BCUT2D eigenvalue weighted by molar-refractivity contribution is 0.0951. The molecule has 3 aromatic carbocycles. The third kappa shape index (κ3) is 4.78. The molecule has 6 heteroatoms. The summed E-state index contributed by atoms with van der Waals surface area (Å²) in [6.07, 6.45) is 0. The minimum absolute atomic E-state index is 0.193. The van der Waals surface area contributed by atoms with Gasteiger partial charge in [-0.15, -0.1) is 0 Å². The quantitative estimate of drug-likeness (QED) is 0.663. The number of benzene rings is 3. The summed E-state index contributed by atoms with van der Waals surface area (Å²) in [6, 6.07) is 20.8. The zero-order chi connectivity index (χ0) is 20.1. The molecule has 3 rings (SSSR count). The van der Waals surface area contributed by atoms with E-state index in [-0.39, 0.29) is 10.8 Å². The van der Waals surface area contributed by atoms with E-state index in [0.717, 1.165) is 16.7 Å². The van der Waals surface area contributed by atoms with Crippen LogP contribution in [0.2, 0.25) is 0 Å². The van der Waals surface area contributed by atoms with Gasteiger partial charge >= 0.3 is 0 Å².